The molecule has 0 amide bonds. The van der Waals surface area contributed by atoms with Crippen molar-refractivity contribution in [3.63, 3.8) is 0 Å². The standard InChI is InChI=1S/C16H19Cl2N2/c17-8-12-20(13-9-18)16-6-4-15(5-7-16)14-19-10-2-1-3-11-19/h1-7,10-11H,8-9,12-14H2/q+1. The molecule has 1 aromatic heterocycles. The summed E-state index contributed by atoms with van der Waals surface area (Å²) >= 11 is 11.7. The van der Waals surface area contributed by atoms with Crippen LogP contribution in [0.1, 0.15) is 5.56 Å². The lowest BCUT2D eigenvalue weighted by atomic mass is 10.2. The SMILES string of the molecule is ClCCN(CCCl)c1ccc(C[n+]2ccccc2)cc1. The number of aromatic nitrogens is 1. The average molecular weight is 310 g/mol. The van der Waals surface area contributed by atoms with Crippen LogP contribution in [0.3, 0.4) is 0 Å². The minimum atomic E-state index is 0.610. The molecule has 0 radical (unpaired) electrons. The number of pyridine rings is 1. The summed E-state index contributed by atoms with van der Waals surface area (Å²) in [4.78, 5) is 2.21. The minimum absolute atomic E-state index is 0.610. The highest BCUT2D eigenvalue weighted by Gasteiger charge is 2.06. The van der Waals surface area contributed by atoms with Crippen molar-refractivity contribution in [1.82, 2.24) is 0 Å². The number of halogens is 2. The molecule has 0 aliphatic heterocycles. The number of alkyl halides is 2. The average Bonchev–Trinajstić information content (AvgIpc) is 2.49. The Morgan fingerprint density at radius 2 is 1.45 bits per heavy atom. The molecule has 0 saturated carbocycles. The lowest BCUT2D eigenvalue weighted by Crippen LogP contribution is -2.32. The van der Waals surface area contributed by atoms with Crippen molar-refractivity contribution < 1.29 is 4.57 Å². The Labute approximate surface area is 130 Å². The Morgan fingerprint density at radius 1 is 0.850 bits per heavy atom. The molecular formula is C16H19Cl2N2+. The zero-order chi connectivity index (χ0) is 14.2. The van der Waals surface area contributed by atoms with E-state index in [-0.39, 0.29) is 0 Å². The highest BCUT2D eigenvalue weighted by atomic mass is 35.5. The molecule has 0 aliphatic rings. The van der Waals surface area contributed by atoms with Crippen LogP contribution < -0.4 is 9.47 Å². The van der Waals surface area contributed by atoms with Crippen LogP contribution in [0.25, 0.3) is 0 Å². The summed E-state index contributed by atoms with van der Waals surface area (Å²) in [5.74, 6) is 1.22. The maximum absolute atomic E-state index is 5.83. The van der Waals surface area contributed by atoms with Crippen molar-refractivity contribution in [2.75, 3.05) is 29.7 Å². The molecule has 2 aromatic rings. The Kier molecular flexibility index (Phi) is 6.16. The van der Waals surface area contributed by atoms with E-state index in [9.17, 15) is 0 Å². The molecule has 2 nitrogen and oxygen atoms in total. The Morgan fingerprint density at radius 3 is 2.00 bits per heavy atom. The van der Waals surface area contributed by atoms with Crippen LogP contribution in [0.5, 0.6) is 0 Å². The fourth-order valence-corrected chi connectivity index (χ4v) is 2.54. The highest BCUT2D eigenvalue weighted by molar-refractivity contribution is 6.18. The van der Waals surface area contributed by atoms with E-state index in [1.165, 1.54) is 11.3 Å². The summed E-state index contributed by atoms with van der Waals surface area (Å²) in [7, 11) is 0. The molecule has 0 fully saturated rings. The van der Waals surface area contributed by atoms with Crippen molar-refractivity contribution in [3.05, 3.63) is 60.4 Å². The molecule has 4 heteroatoms. The maximum Gasteiger partial charge on any atom is 0.173 e. The zero-order valence-corrected chi connectivity index (χ0v) is 12.9. The van der Waals surface area contributed by atoms with Crippen molar-refractivity contribution >= 4 is 28.9 Å². The Hall–Kier alpha value is -1.25. The van der Waals surface area contributed by atoms with E-state index in [2.05, 4.69) is 46.1 Å². The Balaban J connectivity index is 2.05. The van der Waals surface area contributed by atoms with Gasteiger partial charge in [-0.3, -0.25) is 0 Å². The van der Waals surface area contributed by atoms with E-state index >= 15 is 0 Å². The molecule has 0 atom stereocenters. The molecule has 0 bridgehead atoms. The van der Waals surface area contributed by atoms with E-state index in [4.69, 9.17) is 23.2 Å². The maximum atomic E-state index is 5.83. The first kappa shape index (κ1) is 15.1. The van der Waals surface area contributed by atoms with Gasteiger partial charge in [-0.2, -0.15) is 0 Å². The van der Waals surface area contributed by atoms with Crippen LogP contribution in [0.4, 0.5) is 5.69 Å². The number of rotatable bonds is 7. The largest absolute Gasteiger partial charge is 0.369 e. The van der Waals surface area contributed by atoms with Crippen LogP contribution in [0.15, 0.2) is 54.9 Å². The molecule has 20 heavy (non-hydrogen) atoms. The summed E-state index contributed by atoms with van der Waals surface area (Å²) in [5.41, 5.74) is 2.45. The summed E-state index contributed by atoms with van der Waals surface area (Å²) in [5, 5.41) is 0. The summed E-state index contributed by atoms with van der Waals surface area (Å²) in [6.45, 7) is 2.52. The first-order valence-corrected chi connectivity index (χ1v) is 7.80. The molecule has 106 valence electrons. The monoisotopic (exact) mass is 309 g/mol. The molecule has 0 aliphatic carbocycles. The number of hydrogen-bond acceptors (Lipinski definition) is 1. The van der Waals surface area contributed by atoms with Crippen LogP contribution in [-0.2, 0) is 6.54 Å². The van der Waals surface area contributed by atoms with Gasteiger partial charge in [-0.25, -0.2) is 4.57 Å². The molecule has 2 rings (SSSR count). The smallest absolute Gasteiger partial charge is 0.173 e. The normalized spacial score (nSPS) is 10.5. The minimum Gasteiger partial charge on any atom is -0.369 e. The molecular weight excluding hydrogens is 291 g/mol. The lowest BCUT2D eigenvalue weighted by molar-refractivity contribution is -0.688. The van der Waals surface area contributed by atoms with Crippen LogP contribution >= 0.6 is 23.2 Å². The second kappa shape index (κ2) is 8.13. The molecule has 0 saturated heterocycles. The molecule has 0 spiro atoms. The predicted molar refractivity (Wildman–Crippen MR) is 85.8 cm³/mol. The number of benzene rings is 1. The number of hydrogen-bond donors (Lipinski definition) is 0. The van der Waals surface area contributed by atoms with Gasteiger partial charge in [0, 0.05) is 48.2 Å². The number of anilines is 1. The third-order valence-corrected chi connectivity index (χ3v) is 3.49. The van der Waals surface area contributed by atoms with Gasteiger partial charge in [-0.05, 0) is 12.1 Å². The van der Waals surface area contributed by atoms with Crippen molar-refractivity contribution in [2.45, 2.75) is 6.54 Å². The molecule has 0 N–H and O–H groups in total. The molecule has 0 unspecified atom stereocenters. The molecule has 1 aromatic carbocycles. The van der Waals surface area contributed by atoms with Gasteiger partial charge >= 0.3 is 0 Å². The Bertz CT molecular complexity index is 494. The van der Waals surface area contributed by atoms with Gasteiger partial charge in [0.25, 0.3) is 0 Å². The second-order valence-corrected chi connectivity index (χ2v) is 5.34. The van der Waals surface area contributed by atoms with E-state index in [0.29, 0.717) is 11.8 Å². The highest BCUT2D eigenvalue weighted by Crippen LogP contribution is 2.15. The van der Waals surface area contributed by atoms with Gasteiger partial charge in [0.05, 0.1) is 0 Å². The zero-order valence-electron chi connectivity index (χ0n) is 11.4. The van der Waals surface area contributed by atoms with E-state index in [1.54, 1.807) is 0 Å². The van der Waals surface area contributed by atoms with Crippen molar-refractivity contribution in [3.8, 4) is 0 Å². The lowest BCUT2D eigenvalue weighted by Gasteiger charge is -2.22. The first-order chi connectivity index (χ1) is 9.83. The van der Waals surface area contributed by atoms with Crippen molar-refractivity contribution in [2.24, 2.45) is 0 Å². The van der Waals surface area contributed by atoms with Crippen LogP contribution in [0.2, 0.25) is 0 Å². The fourth-order valence-electron chi connectivity index (χ4n) is 2.14. The predicted octanol–water partition coefficient (Wildman–Crippen LogP) is 3.31. The van der Waals surface area contributed by atoms with Crippen molar-refractivity contribution in [1.29, 1.82) is 0 Å². The summed E-state index contributed by atoms with van der Waals surface area (Å²) in [6, 6.07) is 14.7. The third-order valence-electron chi connectivity index (χ3n) is 3.15. The van der Waals surface area contributed by atoms with Crippen LogP contribution in [0, 0.1) is 0 Å². The third kappa shape index (κ3) is 4.39. The molecule has 1 heterocycles. The van der Waals surface area contributed by atoms with E-state index in [0.717, 1.165) is 19.6 Å². The van der Waals surface area contributed by atoms with Gasteiger partial charge in [-0.1, -0.05) is 18.2 Å². The summed E-state index contributed by atoms with van der Waals surface area (Å²) < 4.78 is 2.16. The quantitative estimate of drug-likeness (QED) is 0.562. The van der Waals surface area contributed by atoms with Gasteiger partial charge in [-0.15, -0.1) is 23.2 Å². The second-order valence-electron chi connectivity index (χ2n) is 4.58. The van der Waals surface area contributed by atoms with Gasteiger partial charge in [0.15, 0.2) is 18.9 Å². The summed E-state index contributed by atoms with van der Waals surface area (Å²) in [6.07, 6.45) is 4.14. The van der Waals surface area contributed by atoms with Gasteiger partial charge in [0.1, 0.15) is 0 Å². The van der Waals surface area contributed by atoms with Crippen LogP contribution in [-0.4, -0.2) is 24.8 Å². The number of nitrogens with zero attached hydrogens (tertiary/aromatic N) is 2. The fraction of sp³-hybridized carbons (Fsp3) is 0.312. The van der Waals surface area contributed by atoms with Gasteiger partial charge in [0.2, 0.25) is 0 Å². The first-order valence-electron chi connectivity index (χ1n) is 6.73. The van der Waals surface area contributed by atoms with Gasteiger partial charge < -0.3 is 4.90 Å². The van der Waals surface area contributed by atoms with E-state index in [1.807, 2.05) is 18.2 Å². The van der Waals surface area contributed by atoms with E-state index < -0.39 is 0 Å². The topological polar surface area (TPSA) is 7.12 Å².